The number of fused-ring (bicyclic) bond motifs is 4. The third kappa shape index (κ3) is 9.27. The topological polar surface area (TPSA) is 0 Å². The number of unbranched alkanes of at least 4 members (excludes halogenated alkanes) is 12. The predicted molar refractivity (Wildman–Crippen MR) is 205 cm³/mol. The monoisotopic (exact) mass is 617 g/mol. The Bertz CT molecular complexity index is 1310. The van der Waals surface area contributed by atoms with Crippen molar-refractivity contribution in [2.24, 2.45) is 0 Å². The fourth-order valence-electron chi connectivity index (χ4n) is 8.05. The lowest BCUT2D eigenvalue weighted by Crippen LogP contribution is -2.08. The van der Waals surface area contributed by atoms with Crippen LogP contribution in [0.15, 0.2) is 48.5 Å². The molecular weight excluding hydrogens is 553 g/mol. The average molecular weight is 617 g/mol. The molecule has 0 amide bonds. The molecule has 0 fully saturated rings. The summed E-state index contributed by atoms with van der Waals surface area (Å²) in [6, 6.07) is 20.6. The van der Waals surface area contributed by atoms with Gasteiger partial charge in [0.1, 0.15) is 0 Å². The number of hydrogen-bond donors (Lipinski definition) is 0. The Kier molecular flexibility index (Phi) is 13.6. The fraction of sp³-hybridized carbons (Fsp3) is 0.565. The molecule has 0 unspecified atom stereocenters. The Labute approximate surface area is 282 Å². The first kappa shape index (κ1) is 34.7. The van der Waals surface area contributed by atoms with E-state index in [2.05, 4.69) is 76.2 Å². The van der Waals surface area contributed by atoms with Gasteiger partial charge in [-0.15, -0.1) is 0 Å². The predicted octanol–water partition coefficient (Wildman–Crippen LogP) is 14.0. The smallest absolute Gasteiger partial charge is 0.00196 e. The molecule has 0 nitrogen and oxygen atoms in total. The maximum atomic E-state index is 2.58. The standard InChI is InChI=1S/C46H64/c1-5-9-13-17-21-35-25-39-29-43-33-45-31-41-27-37(23-19-15-11-7-3)38(24-20-16-12-8-4)28-42(41)32-46(45)34-44(43)30-40(39)26-36(35)22-18-14-10-6-2/h25-32H,5-24,33-34H2,1-4H3. The molecule has 248 valence electrons. The molecule has 0 heteroatoms. The molecule has 46 heavy (non-hydrogen) atoms. The van der Waals surface area contributed by atoms with Gasteiger partial charge in [-0.1, -0.05) is 153 Å². The van der Waals surface area contributed by atoms with Crippen molar-refractivity contribution in [2.45, 2.75) is 169 Å². The summed E-state index contributed by atoms with van der Waals surface area (Å²) in [5.74, 6) is 0. The van der Waals surface area contributed by atoms with Crippen LogP contribution in [0.5, 0.6) is 0 Å². The molecule has 0 heterocycles. The first-order valence-electron chi connectivity index (χ1n) is 19.8. The summed E-state index contributed by atoms with van der Waals surface area (Å²) in [5, 5.41) is 5.86. The van der Waals surface area contributed by atoms with Gasteiger partial charge in [-0.2, -0.15) is 0 Å². The van der Waals surface area contributed by atoms with Crippen LogP contribution < -0.4 is 0 Å². The quantitative estimate of drug-likeness (QED) is 0.0763. The van der Waals surface area contributed by atoms with E-state index in [0.29, 0.717) is 0 Å². The van der Waals surface area contributed by atoms with Crippen molar-refractivity contribution < 1.29 is 0 Å². The van der Waals surface area contributed by atoms with Gasteiger partial charge in [-0.05, 0) is 130 Å². The second kappa shape index (κ2) is 18.1. The minimum atomic E-state index is 1.08. The maximum Gasteiger partial charge on any atom is -0.00196 e. The van der Waals surface area contributed by atoms with Crippen LogP contribution in [0.4, 0.5) is 0 Å². The number of aryl methyl sites for hydroxylation is 4. The second-order valence-corrected chi connectivity index (χ2v) is 14.8. The van der Waals surface area contributed by atoms with Crippen molar-refractivity contribution in [2.75, 3.05) is 0 Å². The van der Waals surface area contributed by atoms with E-state index in [9.17, 15) is 0 Å². The highest BCUT2D eigenvalue weighted by atomic mass is 14.2. The summed E-state index contributed by atoms with van der Waals surface area (Å²) in [6.07, 6.45) is 28.6. The highest BCUT2D eigenvalue weighted by molar-refractivity contribution is 5.88. The van der Waals surface area contributed by atoms with Crippen LogP contribution in [0.3, 0.4) is 0 Å². The minimum Gasteiger partial charge on any atom is -0.0654 e. The maximum absolute atomic E-state index is 2.58. The zero-order chi connectivity index (χ0) is 32.1. The Morgan fingerprint density at radius 3 is 0.761 bits per heavy atom. The third-order valence-electron chi connectivity index (χ3n) is 10.9. The molecule has 1 aliphatic carbocycles. The van der Waals surface area contributed by atoms with E-state index in [-0.39, 0.29) is 0 Å². The number of hydrogen-bond acceptors (Lipinski definition) is 0. The normalized spacial score (nSPS) is 12.6. The van der Waals surface area contributed by atoms with Crippen LogP contribution in [-0.4, -0.2) is 0 Å². The lowest BCUT2D eigenvalue weighted by molar-refractivity contribution is 0.651. The largest absolute Gasteiger partial charge is 0.0654 e. The Balaban J connectivity index is 1.42. The van der Waals surface area contributed by atoms with Gasteiger partial charge in [0, 0.05) is 0 Å². The van der Waals surface area contributed by atoms with Crippen molar-refractivity contribution in [3.05, 3.63) is 93.0 Å². The van der Waals surface area contributed by atoms with E-state index >= 15 is 0 Å². The first-order valence-corrected chi connectivity index (χ1v) is 19.8. The fourth-order valence-corrected chi connectivity index (χ4v) is 8.05. The van der Waals surface area contributed by atoms with Crippen LogP contribution in [0.25, 0.3) is 21.5 Å². The van der Waals surface area contributed by atoms with Crippen molar-refractivity contribution in [3.8, 4) is 0 Å². The van der Waals surface area contributed by atoms with Crippen molar-refractivity contribution in [3.63, 3.8) is 0 Å². The molecule has 0 saturated heterocycles. The van der Waals surface area contributed by atoms with Gasteiger partial charge in [-0.3, -0.25) is 0 Å². The van der Waals surface area contributed by atoms with E-state index in [1.807, 2.05) is 0 Å². The van der Waals surface area contributed by atoms with Crippen LogP contribution in [0.2, 0.25) is 0 Å². The van der Waals surface area contributed by atoms with Gasteiger partial charge >= 0.3 is 0 Å². The molecule has 0 atom stereocenters. The van der Waals surface area contributed by atoms with Gasteiger partial charge in [0.15, 0.2) is 0 Å². The summed E-state index contributed by atoms with van der Waals surface area (Å²) >= 11 is 0. The molecule has 0 radical (unpaired) electrons. The van der Waals surface area contributed by atoms with Gasteiger partial charge < -0.3 is 0 Å². The van der Waals surface area contributed by atoms with Crippen LogP contribution in [0.1, 0.15) is 175 Å². The summed E-state index contributed by atoms with van der Waals surface area (Å²) in [6.45, 7) is 9.28. The lowest BCUT2D eigenvalue weighted by Gasteiger charge is -2.23. The summed E-state index contributed by atoms with van der Waals surface area (Å²) in [7, 11) is 0. The summed E-state index contributed by atoms with van der Waals surface area (Å²) in [4.78, 5) is 0. The first-order chi connectivity index (χ1) is 22.6. The molecule has 1 aliphatic rings. The van der Waals surface area contributed by atoms with Crippen molar-refractivity contribution >= 4 is 21.5 Å². The molecule has 0 bridgehead atoms. The highest BCUT2D eigenvalue weighted by Gasteiger charge is 2.19. The van der Waals surface area contributed by atoms with Crippen molar-refractivity contribution in [1.29, 1.82) is 0 Å². The lowest BCUT2D eigenvalue weighted by atomic mass is 9.82. The molecular formula is C46H64. The zero-order valence-electron chi connectivity index (χ0n) is 30.2. The van der Waals surface area contributed by atoms with Gasteiger partial charge in [0.05, 0.1) is 0 Å². The van der Waals surface area contributed by atoms with E-state index in [0.717, 1.165) is 12.8 Å². The average Bonchev–Trinajstić information content (AvgIpc) is 3.06. The molecule has 0 aromatic heterocycles. The Morgan fingerprint density at radius 1 is 0.304 bits per heavy atom. The minimum absolute atomic E-state index is 1.08. The van der Waals surface area contributed by atoms with E-state index in [1.165, 1.54) is 150 Å². The Hall–Kier alpha value is -2.60. The number of benzene rings is 4. The Morgan fingerprint density at radius 2 is 0.543 bits per heavy atom. The molecule has 5 rings (SSSR count). The molecule has 4 aromatic carbocycles. The highest BCUT2D eigenvalue weighted by Crippen LogP contribution is 2.35. The molecule has 0 spiro atoms. The van der Waals surface area contributed by atoms with Gasteiger partial charge in [0.2, 0.25) is 0 Å². The summed E-state index contributed by atoms with van der Waals surface area (Å²) < 4.78 is 0. The van der Waals surface area contributed by atoms with Crippen LogP contribution >= 0.6 is 0 Å². The molecule has 4 aromatic rings. The second-order valence-electron chi connectivity index (χ2n) is 14.8. The van der Waals surface area contributed by atoms with E-state index < -0.39 is 0 Å². The van der Waals surface area contributed by atoms with Crippen molar-refractivity contribution in [1.82, 2.24) is 0 Å². The summed E-state index contributed by atoms with van der Waals surface area (Å²) in [5.41, 5.74) is 12.7. The van der Waals surface area contributed by atoms with E-state index in [4.69, 9.17) is 0 Å². The van der Waals surface area contributed by atoms with Gasteiger partial charge in [0.25, 0.3) is 0 Å². The van der Waals surface area contributed by atoms with Gasteiger partial charge in [-0.25, -0.2) is 0 Å². The van der Waals surface area contributed by atoms with Crippen LogP contribution in [0, 0.1) is 0 Å². The SMILES string of the molecule is CCCCCCc1cc2cc3c(cc2cc1CCCCCC)Cc1cc2cc(CCCCCC)c(CCCCCC)cc2cc1C3. The molecule has 0 aliphatic heterocycles. The zero-order valence-corrected chi connectivity index (χ0v) is 30.2. The third-order valence-corrected chi connectivity index (χ3v) is 10.9. The van der Waals surface area contributed by atoms with Crippen LogP contribution in [-0.2, 0) is 38.5 Å². The molecule has 0 saturated carbocycles. The van der Waals surface area contributed by atoms with E-state index in [1.54, 1.807) is 44.5 Å². The molecule has 0 N–H and O–H groups in total. The number of rotatable bonds is 20.